The molecule has 0 bridgehead atoms. The molecule has 1 amide bonds. The molecule has 0 saturated carbocycles. The van der Waals surface area contributed by atoms with Crippen molar-refractivity contribution in [2.24, 2.45) is 5.73 Å². The molecule has 3 N–H and O–H groups in total. The average Bonchev–Trinajstić information content (AvgIpc) is 2.61. The third-order valence-corrected chi connectivity index (χ3v) is 6.65. The topological polar surface area (TPSA) is 92.5 Å². The lowest BCUT2D eigenvalue weighted by molar-refractivity contribution is 0.0999. The van der Waals surface area contributed by atoms with E-state index in [2.05, 4.69) is 5.32 Å². The normalized spacial score (nSPS) is 18.6. The zero-order valence-electron chi connectivity index (χ0n) is 14.3. The summed E-state index contributed by atoms with van der Waals surface area (Å²) in [7, 11) is -3.80. The number of primary amides is 1. The van der Waals surface area contributed by atoms with E-state index in [4.69, 9.17) is 17.3 Å². The Morgan fingerprint density at radius 2 is 2.04 bits per heavy atom. The van der Waals surface area contributed by atoms with Crippen molar-refractivity contribution in [3.05, 3.63) is 64.2 Å². The summed E-state index contributed by atoms with van der Waals surface area (Å²) in [5.41, 5.74) is 7.03. The lowest BCUT2D eigenvalue weighted by atomic mass is 10.1. The van der Waals surface area contributed by atoms with E-state index >= 15 is 0 Å². The minimum atomic E-state index is -3.80. The lowest BCUT2D eigenvalue weighted by Gasteiger charge is -2.35. The summed E-state index contributed by atoms with van der Waals surface area (Å²) in [4.78, 5) is 11.7. The molecule has 26 heavy (non-hydrogen) atoms. The van der Waals surface area contributed by atoms with Gasteiger partial charge in [-0.1, -0.05) is 29.8 Å². The number of hydrogen-bond donors (Lipinski definition) is 2. The Labute approximate surface area is 158 Å². The highest BCUT2D eigenvalue weighted by Gasteiger charge is 2.34. The van der Waals surface area contributed by atoms with E-state index in [1.807, 2.05) is 6.07 Å². The molecule has 1 aliphatic rings. The van der Waals surface area contributed by atoms with Crippen LogP contribution in [-0.4, -0.2) is 38.3 Å². The van der Waals surface area contributed by atoms with E-state index in [-0.39, 0.29) is 16.5 Å². The van der Waals surface area contributed by atoms with Crippen molar-refractivity contribution >= 4 is 27.5 Å². The van der Waals surface area contributed by atoms with Gasteiger partial charge in [-0.05, 0) is 42.3 Å². The molecule has 1 fully saturated rings. The molecule has 0 aromatic heterocycles. The Hall–Kier alpha value is -1.93. The molecule has 1 atom stereocenters. The molecule has 138 valence electrons. The lowest BCUT2D eigenvalue weighted by Crippen LogP contribution is -2.48. The number of amides is 1. The first kappa shape index (κ1) is 18.8. The van der Waals surface area contributed by atoms with Gasteiger partial charge in [0.2, 0.25) is 15.9 Å². The molecule has 1 aliphatic heterocycles. The van der Waals surface area contributed by atoms with Crippen LogP contribution in [0.25, 0.3) is 0 Å². The van der Waals surface area contributed by atoms with Gasteiger partial charge < -0.3 is 11.1 Å². The van der Waals surface area contributed by atoms with Crippen LogP contribution in [0, 0.1) is 6.92 Å². The van der Waals surface area contributed by atoms with Crippen LogP contribution in [0.3, 0.4) is 0 Å². The number of aryl methyl sites for hydroxylation is 1. The Morgan fingerprint density at radius 3 is 2.73 bits per heavy atom. The van der Waals surface area contributed by atoms with E-state index in [0.717, 1.165) is 5.56 Å². The molecule has 6 nitrogen and oxygen atoms in total. The second kappa shape index (κ2) is 7.36. The van der Waals surface area contributed by atoms with Gasteiger partial charge in [0, 0.05) is 30.2 Å². The van der Waals surface area contributed by atoms with Crippen LogP contribution in [0.4, 0.5) is 0 Å². The molecule has 1 unspecified atom stereocenters. The van der Waals surface area contributed by atoms with Gasteiger partial charge in [0.05, 0.1) is 10.9 Å². The van der Waals surface area contributed by atoms with Gasteiger partial charge >= 0.3 is 0 Å². The highest BCUT2D eigenvalue weighted by Crippen LogP contribution is 2.30. The minimum Gasteiger partial charge on any atom is -0.366 e. The molecule has 0 aliphatic carbocycles. The summed E-state index contributed by atoms with van der Waals surface area (Å²) >= 11 is 6.08. The molecule has 1 heterocycles. The van der Waals surface area contributed by atoms with Crippen LogP contribution < -0.4 is 11.1 Å². The van der Waals surface area contributed by atoms with E-state index < -0.39 is 15.9 Å². The molecular formula is C18H20ClN3O3S. The number of halogens is 1. The number of carbonyl (C=O) groups excluding carboxylic acids is 1. The molecule has 2 aromatic rings. The maximum atomic E-state index is 13.3. The number of benzene rings is 2. The number of carbonyl (C=O) groups is 1. The monoisotopic (exact) mass is 393 g/mol. The van der Waals surface area contributed by atoms with Gasteiger partial charge in [0.15, 0.2) is 0 Å². The molecular weight excluding hydrogens is 374 g/mol. The number of nitrogens with two attached hydrogens (primary N) is 1. The maximum Gasteiger partial charge on any atom is 0.249 e. The van der Waals surface area contributed by atoms with Crippen LogP contribution in [-0.2, 0) is 10.0 Å². The van der Waals surface area contributed by atoms with Crippen molar-refractivity contribution in [2.75, 3.05) is 19.6 Å². The largest absolute Gasteiger partial charge is 0.366 e. The molecule has 1 saturated heterocycles. The van der Waals surface area contributed by atoms with E-state index in [9.17, 15) is 13.2 Å². The van der Waals surface area contributed by atoms with Crippen LogP contribution >= 0.6 is 11.6 Å². The summed E-state index contributed by atoms with van der Waals surface area (Å²) in [5, 5.41) is 3.77. The highest BCUT2D eigenvalue weighted by molar-refractivity contribution is 7.89. The van der Waals surface area contributed by atoms with E-state index in [1.165, 1.54) is 16.4 Å². The second-order valence-electron chi connectivity index (χ2n) is 6.23. The molecule has 0 radical (unpaired) electrons. The summed E-state index contributed by atoms with van der Waals surface area (Å²) in [5.74, 6) is -0.647. The number of nitrogens with zero attached hydrogens (tertiary/aromatic N) is 1. The van der Waals surface area contributed by atoms with Crippen molar-refractivity contribution < 1.29 is 13.2 Å². The SMILES string of the molecule is Cc1ccc(S(=O)(=O)N2CCNCC2c2cccc(Cl)c2)cc1C(N)=O. The Balaban J connectivity index is 2.04. The van der Waals surface area contributed by atoms with Gasteiger partial charge in [-0.25, -0.2) is 8.42 Å². The fourth-order valence-electron chi connectivity index (χ4n) is 3.13. The Kier molecular flexibility index (Phi) is 5.34. The summed E-state index contributed by atoms with van der Waals surface area (Å²) < 4.78 is 28.0. The highest BCUT2D eigenvalue weighted by atomic mass is 35.5. The van der Waals surface area contributed by atoms with Crippen LogP contribution in [0.2, 0.25) is 5.02 Å². The average molecular weight is 394 g/mol. The van der Waals surface area contributed by atoms with E-state index in [0.29, 0.717) is 30.2 Å². The minimum absolute atomic E-state index is 0.0610. The first-order valence-corrected chi connectivity index (χ1v) is 10.0. The number of nitrogens with one attached hydrogen (secondary N) is 1. The van der Waals surface area contributed by atoms with Gasteiger partial charge in [-0.2, -0.15) is 4.31 Å². The third-order valence-electron chi connectivity index (χ3n) is 4.51. The predicted molar refractivity (Wildman–Crippen MR) is 101 cm³/mol. The molecule has 3 rings (SSSR count). The second-order valence-corrected chi connectivity index (χ2v) is 8.56. The number of sulfonamides is 1. The predicted octanol–water partition coefficient (Wildman–Crippen LogP) is 2.08. The first-order valence-electron chi connectivity index (χ1n) is 8.19. The van der Waals surface area contributed by atoms with Crippen molar-refractivity contribution in [1.82, 2.24) is 9.62 Å². The number of rotatable bonds is 4. The fourth-order valence-corrected chi connectivity index (χ4v) is 4.97. The standard InChI is InChI=1S/C18H20ClN3O3S/c1-12-5-6-15(10-16(12)18(20)23)26(24,25)22-8-7-21-11-17(22)13-3-2-4-14(19)9-13/h2-6,9-10,17,21H,7-8,11H2,1H3,(H2,20,23). The fraction of sp³-hybridized carbons (Fsp3) is 0.278. The third kappa shape index (κ3) is 3.61. The molecule has 2 aromatic carbocycles. The van der Waals surface area contributed by atoms with Crippen molar-refractivity contribution in [3.8, 4) is 0 Å². The van der Waals surface area contributed by atoms with Crippen molar-refractivity contribution in [2.45, 2.75) is 17.9 Å². The van der Waals surface area contributed by atoms with Gasteiger partial charge in [-0.15, -0.1) is 0 Å². The molecule has 8 heteroatoms. The summed E-state index contributed by atoms with van der Waals surface area (Å²) in [6.45, 7) is 3.06. The Bertz CT molecular complexity index is 946. The Morgan fingerprint density at radius 1 is 1.27 bits per heavy atom. The molecule has 0 spiro atoms. The van der Waals surface area contributed by atoms with Crippen LogP contribution in [0.5, 0.6) is 0 Å². The maximum absolute atomic E-state index is 13.3. The zero-order chi connectivity index (χ0) is 18.9. The van der Waals surface area contributed by atoms with Crippen LogP contribution in [0.1, 0.15) is 27.5 Å². The van der Waals surface area contributed by atoms with Crippen LogP contribution in [0.15, 0.2) is 47.4 Å². The number of piperazine rings is 1. The first-order chi connectivity index (χ1) is 12.3. The smallest absolute Gasteiger partial charge is 0.249 e. The summed E-state index contributed by atoms with van der Waals surface area (Å²) in [6, 6.07) is 11.3. The van der Waals surface area contributed by atoms with Gasteiger partial charge in [0.25, 0.3) is 0 Å². The van der Waals surface area contributed by atoms with Crippen molar-refractivity contribution in [3.63, 3.8) is 0 Å². The quantitative estimate of drug-likeness (QED) is 0.831. The van der Waals surface area contributed by atoms with E-state index in [1.54, 1.807) is 31.2 Å². The van der Waals surface area contributed by atoms with Gasteiger partial charge in [-0.3, -0.25) is 4.79 Å². The van der Waals surface area contributed by atoms with Gasteiger partial charge in [0.1, 0.15) is 0 Å². The summed E-state index contributed by atoms with van der Waals surface area (Å²) in [6.07, 6.45) is 0. The number of hydrogen-bond acceptors (Lipinski definition) is 4. The zero-order valence-corrected chi connectivity index (χ0v) is 15.8. The van der Waals surface area contributed by atoms with Crippen molar-refractivity contribution in [1.29, 1.82) is 0 Å².